The van der Waals surface area contributed by atoms with E-state index in [0.29, 0.717) is 27.8 Å². The molecule has 10 heteroatoms. The maximum absolute atomic E-state index is 12.6. The van der Waals surface area contributed by atoms with Gasteiger partial charge in [0.15, 0.2) is 6.61 Å². The van der Waals surface area contributed by atoms with Crippen molar-refractivity contribution in [1.29, 1.82) is 0 Å². The number of anilines is 1. The van der Waals surface area contributed by atoms with Crippen molar-refractivity contribution in [1.82, 2.24) is 10.2 Å². The minimum Gasteiger partial charge on any atom is -0.484 e. The highest BCUT2D eigenvalue weighted by atomic mass is 32.2. The molecule has 0 unspecified atom stereocenters. The van der Waals surface area contributed by atoms with Crippen LogP contribution in [-0.2, 0) is 16.1 Å². The SMILES string of the molecule is CCOC(=O)c1c(-c2ccccc2)csc1NC(=O)CSc1nnc(COc2ccccc2)o1. The van der Waals surface area contributed by atoms with Gasteiger partial charge < -0.3 is 19.2 Å². The molecule has 2 aromatic carbocycles. The Balaban J connectivity index is 1.37. The molecule has 4 aromatic rings. The molecule has 0 bridgehead atoms. The van der Waals surface area contributed by atoms with Gasteiger partial charge in [-0.3, -0.25) is 4.79 Å². The third-order valence-corrected chi connectivity index (χ3v) is 6.20. The third-order valence-electron chi connectivity index (χ3n) is 4.49. The van der Waals surface area contributed by atoms with E-state index >= 15 is 0 Å². The van der Waals surface area contributed by atoms with Crippen molar-refractivity contribution in [2.75, 3.05) is 17.7 Å². The molecular formula is C24H21N3O5S2. The first kappa shape index (κ1) is 23.5. The average Bonchev–Trinajstić information content (AvgIpc) is 3.50. The highest BCUT2D eigenvalue weighted by Gasteiger charge is 2.23. The summed E-state index contributed by atoms with van der Waals surface area (Å²) in [5.74, 6) is 0.240. The number of rotatable bonds is 10. The van der Waals surface area contributed by atoms with E-state index in [1.54, 1.807) is 6.92 Å². The van der Waals surface area contributed by atoms with Gasteiger partial charge in [-0.05, 0) is 24.6 Å². The van der Waals surface area contributed by atoms with Crippen LogP contribution in [0.3, 0.4) is 0 Å². The van der Waals surface area contributed by atoms with Gasteiger partial charge in [-0.25, -0.2) is 4.79 Å². The van der Waals surface area contributed by atoms with Crippen LogP contribution in [0.5, 0.6) is 5.75 Å². The van der Waals surface area contributed by atoms with Crippen LogP contribution in [0.25, 0.3) is 11.1 Å². The van der Waals surface area contributed by atoms with Crippen molar-refractivity contribution in [3.8, 4) is 16.9 Å². The Morgan fingerprint density at radius 1 is 1.06 bits per heavy atom. The fourth-order valence-electron chi connectivity index (χ4n) is 2.99. The summed E-state index contributed by atoms with van der Waals surface area (Å²) in [4.78, 5) is 25.2. The molecule has 2 heterocycles. The minimum atomic E-state index is -0.481. The third kappa shape index (κ3) is 6.03. The second-order valence-electron chi connectivity index (χ2n) is 6.84. The lowest BCUT2D eigenvalue weighted by molar-refractivity contribution is -0.113. The largest absolute Gasteiger partial charge is 0.484 e. The number of nitrogens with zero attached hydrogens (tertiary/aromatic N) is 2. The lowest BCUT2D eigenvalue weighted by Gasteiger charge is -2.08. The number of benzene rings is 2. The molecule has 0 atom stereocenters. The van der Waals surface area contributed by atoms with Gasteiger partial charge in [0.05, 0.1) is 12.4 Å². The normalized spacial score (nSPS) is 10.6. The zero-order chi connectivity index (χ0) is 23.8. The van der Waals surface area contributed by atoms with Crippen molar-refractivity contribution >= 4 is 40.0 Å². The predicted molar refractivity (Wildman–Crippen MR) is 130 cm³/mol. The van der Waals surface area contributed by atoms with Gasteiger partial charge in [0, 0.05) is 10.9 Å². The van der Waals surface area contributed by atoms with E-state index < -0.39 is 5.97 Å². The number of esters is 1. The molecule has 0 aliphatic carbocycles. The molecule has 0 spiro atoms. The zero-order valence-electron chi connectivity index (χ0n) is 18.2. The number of nitrogens with one attached hydrogen (secondary N) is 1. The number of carbonyl (C=O) groups excluding carboxylic acids is 2. The van der Waals surface area contributed by atoms with Crippen LogP contribution in [0.2, 0.25) is 0 Å². The van der Waals surface area contributed by atoms with Crippen molar-refractivity contribution < 1.29 is 23.5 Å². The summed E-state index contributed by atoms with van der Waals surface area (Å²) in [5.41, 5.74) is 1.93. The summed E-state index contributed by atoms with van der Waals surface area (Å²) >= 11 is 2.37. The average molecular weight is 496 g/mol. The Labute approximate surface area is 204 Å². The van der Waals surface area contributed by atoms with Crippen LogP contribution in [0.4, 0.5) is 5.00 Å². The molecule has 1 amide bonds. The van der Waals surface area contributed by atoms with Gasteiger partial charge >= 0.3 is 5.97 Å². The summed E-state index contributed by atoms with van der Waals surface area (Å²) in [6.07, 6.45) is 0. The van der Waals surface area contributed by atoms with E-state index in [0.717, 1.165) is 17.3 Å². The first-order chi connectivity index (χ1) is 16.6. The fraction of sp³-hybridized carbons (Fsp3) is 0.167. The van der Waals surface area contributed by atoms with E-state index in [2.05, 4.69) is 15.5 Å². The highest BCUT2D eigenvalue weighted by molar-refractivity contribution is 7.99. The Kier molecular flexibility index (Phi) is 7.95. The number of amides is 1. The van der Waals surface area contributed by atoms with E-state index in [9.17, 15) is 9.59 Å². The Morgan fingerprint density at radius 3 is 2.53 bits per heavy atom. The van der Waals surface area contributed by atoms with Crippen LogP contribution in [0.15, 0.2) is 75.7 Å². The van der Waals surface area contributed by atoms with Crippen LogP contribution in [0.1, 0.15) is 23.2 Å². The first-order valence-electron chi connectivity index (χ1n) is 10.4. The molecule has 0 fully saturated rings. The van der Waals surface area contributed by atoms with E-state index in [1.165, 1.54) is 11.3 Å². The Bertz CT molecular complexity index is 1240. The van der Waals surface area contributed by atoms with Gasteiger partial charge in [-0.1, -0.05) is 60.3 Å². The van der Waals surface area contributed by atoms with Crippen LogP contribution in [-0.4, -0.2) is 34.4 Å². The van der Waals surface area contributed by atoms with E-state index in [4.69, 9.17) is 13.9 Å². The lowest BCUT2D eigenvalue weighted by Crippen LogP contribution is -2.16. The number of thioether (sulfide) groups is 1. The molecule has 4 rings (SSSR count). The van der Waals surface area contributed by atoms with E-state index in [1.807, 2.05) is 66.0 Å². The van der Waals surface area contributed by atoms with Crippen LogP contribution >= 0.6 is 23.1 Å². The van der Waals surface area contributed by atoms with Gasteiger partial charge in [0.25, 0.3) is 11.1 Å². The van der Waals surface area contributed by atoms with Crippen LogP contribution < -0.4 is 10.1 Å². The number of hydrogen-bond donors (Lipinski definition) is 1. The monoisotopic (exact) mass is 495 g/mol. The van der Waals surface area contributed by atoms with Gasteiger partial charge in [0.2, 0.25) is 5.91 Å². The molecule has 0 saturated carbocycles. The number of ether oxygens (including phenoxy) is 2. The van der Waals surface area contributed by atoms with Crippen molar-refractivity contribution in [2.24, 2.45) is 0 Å². The number of para-hydroxylation sites is 1. The minimum absolute atomic E-state index is 0.0298. The molecule has 0 radical (unpaired) electrons. The quantitative estimate of drug-likeness (QED) is 0.234. The first-order valence-corrected chi connectivity index (χ1v) is 12.3. The molecule has 8 nitrogen and oxygen atoms in total. The molecular weight excluding hydrogens is 474 g/mol. The van der Waals surface area contributed by atoms with Gasteiger partial charge in [-0.2, -0.15) is 0 Å². The molecule has 174 valence electrons. The maximum atomic E-state index is 12.6. The summed E-state index contributed by atoms with van der Waals surface area (Å²) < 4.78 is 16.3. The van der Waals surface area contributed by atoms with Crippen molar-refractivity contribution in [2.45, 2.75) is 18.8 Å². The topological polar surface area (TPSA) is 104 Å². The Morgan fingerprint density at radius 2 is 1.79 bits per heavy atom. The van der Waals surface area contributed by atoms with Crippen molar-refractivity contribution in [3.05, 3.63) is 77.5 Å². The molecule has 34 heavy (non-hydrogen) atoms. The van der Waals surface area contributed by atoms with Crippen LogP contribution in [0, 0.1) is 0 Å². The highest BCUT2D eigenvalue weighted by Crippen LogP contribution is 2.36. The smallest absolute Gasteiger partial charge is 0.341 e. The Hall–Kier alpha value is -3.63. The van der Waals surface area contributed by atoms with Gasteiger partial charge in [-0.15, -0.1) is 21.5 Å². The predicted octanol–water partition coefficient (Wildman–Crippen LogP) is 5.28. The zero-order valence-corrected chi connectivity index (χ0v) is 19.9. The second-order valence-corrected chi connectivity index (χ2v) is 8.65. The molecule has 0 aliphatic rings. The second kappa shape index (κ2) is 11.5. The summed E-state index contributed by atoms with van der Waals surface area (Å²) in [7, 11) is 0. The number of aromatic nitrogens is 2. The lowest BCUT2D eigenvalue weighted by atomic mass is 10.0. The molecule has 1 N–H and O–H groups in total. The van der Waals surface area contributed by atoms with E-state index in [-0.39, 0.29) is 30.1 Å². The van der Waals surface area contributed by atoms with Crippen molar-refractivity contribution in [3.63, 3.8) is 0 Å². The summed E-state index contributed by atoms with van der Waals surface area (Å²) in [6.45, 7) is 2.11. The number of hydrogen-bond acceptors (Lipinski definition) is 9. The maximum Gasteiger partial charge on any atom is 0.341 e. The summed E-state index contributed by atoms with van der Waals surface area (Å²) in [5, 5.41) is 13.2. The molecule has 2 aromatic heterocycles. The standard InChI is InChI=1S/C24H21N3O5S2/c1-2-30-23(29)21-18(16-9-5-3-6-10-16)14-33-22(21)25-19(28)15-34-24-27-26-20(32-24)13-31-17-11-7-4-8-12-17/h3-12,14H,2,13,15H2,1H3,(H,25,28). The fourth-order valence-corrected chi connectivity index (χ4v) is 4.55. The summed E-state index contributed by atoms with van der Waals surface area (Å²) in [6, 6.07) is 18.8. The molecule has 0 aliphatic heterocycles. The number of carbonyl (C=O) groups is 2. The van der Waals surface area contributed by atoms with Gasteiger partial charge in [0.1, 0.15) is 16.3 Å². The number of thiophene rings is 1. The molecule has 0 saturated heterocycles.